The fourth-order valence-electron chi connectivity index (χ4n) is 3.93. The molecule has 1 aliphatic heterocycles. The number of amides is 1. The van der Waals surface area contributed by atoms with Crippen LogP contribution in [0.3, 0.4) is 0 Å². The van der Waals surface area contributed by atoms with Crippen LogP contribution in [0.4, 0.5) is 0 Å². The molecule has 4 rings (SSSR count). The third-order valence-electron chi connectivity index (χ3n) is 5.39. The van der Waals surface area contributed by atoms with Crippen molar-refractivity contribution in [2.24, 2.45) is 0 Å². The Kier molecular flexibility index (Phi) is 5.36. The number of aryl methyl sites for hydroxylation is 1. The van der Waals surface area contributed by atoms with Crippen LogP contribution in [0.15, 0.2) is 41.2 Å². The van der Waals surface area contributed by atoms with Gasteiger partial charge in [-0.25, -0.2) is 0 Å². The maximum absolute atomic E-state index is 12.7. The van der Waals surface area contributed by atoms with Gasteiger partial charge in [0.25, 0.3) is 11.5 Å². The lowest BCUT2D eigenvalue weighted by atomic mass is 9.87. The fourth-order valence-corrected chi connectivity index (χ4v) is 3.93. The van der Waals surface area contributed by atoms with E-state index >= 15 is 0 Å². The lowest BCUT2D eigenvalue weighted by Crippen LogP contribution is -2.37. The van der Waals surface area contributed by atoms with Crippen LogP contribution in [0, 0.1) is 0 Å². The number of H-pyrrole nitrogens is 1. The summed E-state index contributed by atoms with van der Waals surface area (Å²) in [6.45, 7) is 3.80. The molecule has 2 aliphatic rings. The number of nitrogens with zero attached hydrogens (tertiary/aromatic N) is 1. The molecular formula is C21H25N3O3. The topological polar surface area (TPSA) is 74.4 Å². The quantitative estimate of drug-likeness (QED) is 0.867. The van der Waals surface area contributed by atoms with Crippen molar-refractivity contribution >= 4 is 5.91 Å². The normalized spacial score (nSPS) is 20.1. The van der Waals surface area contributed by atoms with Gasteiger partial charge in [0.15, 0.2) is 0 Å². The number of ether oxygens (including phenoxy) is 1. The molecule has 1 aliphatic carbocycles. The number of carbonyl (C=O) groups excluding carboxylic acids is 1. The van der Waals surface area contributed by atoms with Crippen LogP contribution in [0.25, 0.3) is 0 Å². The van der Waals surface area contributed by atoms with Crippen LogP contribution in [0.1, 0.15) is 46.1 Å². The first-order valence-electron chi connectivity index (χ1n) is 9.62. The highest BCUT2D eigenvalue weighted by molar-refractivity contribution is 5.94. The van der Waals surface area contributed by atoms with E-state index < -0.39 is 0 Å². The Labute approximate surface area is 158 Å². The van der Waals surface area contributed by atoms with E-state index in [-0.39, 0.29) is 23.1 Å². The Balaban J connectivity index is 1.45. The summed E-state index contributed by atoms with van der Waals surface area (Å²) < 4.78 is 5.34. The van der Waals surface area contributed by atoms with Crippen molar-refractivity contribution in [3.05, 3.63) is 69.1 Å². The van der Waals surface area contributed by atoms with E-state index in [4.69, 9.17) is 4.74 Å². The molecule has 1 fully saturated rings. The van der Waals surface area contributed by atoms with E-state index in [1.54, 1.807) is 6.07 Å². The number of aromatic nitrogens is 1. The van der Waals surface area contributed by atoms with Crippen LogP contribution in [0.2, 0.25) is 0 Å². The standard InChI is InChI=1S/C21H25N3O3/c25-20-18(9-8-16(22-20)14-24-10-12-27-13-11-24)21(26)23-19-7-3-5-15-4-1-2-6-17(15)19/h1-2,4,6,8-9,19H,3,5,7,10-14H2,(H,22,25)(H,23,26). The number of hydrogen-bond acceptors (Lipinski definition) is 4. The van der Waals surface area contributed by atoms with Crippen LogP contribution >= 0.6 is 0 Å². The van der Waals surface area contributed by atoms with Gasteiger partial charge in [-0.2, -0.15) is 0 Å². The van der Waals surface area contributed by atoms with E-state index in [2.05, 4.69) is 27.3 Å². The molecular weight excluding hydrogens is 342 g/mol. The minimum Gasteiger partial charge on any atom is -0.379 e. The van der Waals surface area contributed by atoms with Gasteiger partial charge in [-0.1, -0.05) is 24.3 Å². The number of carbonyl (C=O) groups is 1. The molecule has 1 atom stereocenters. The fraction of sp³-hybridized carbons (Fsp3) is 0.429. The first-order valence-corrected chi connectivity index (χ1v) is 9.62. The van der Waals surface area contributed by atoms with Crippen LogP contribution in [0.5, 0.6) is 0 Å². The molecule has 2 aromatic rings. The van der Waals surface area contributed by atoms with E-state index in [9.17, 15) is 9.59 Å². The highest BCUT2D eigenvalue weighted by Gasteiger charge is 2.23. The molecule has 6 heteroatoms. The number of benzene rings is 1. The Morgan fingerprint density at radius 1 is 1.19 bits per heavy atom. The number of rotatable bonds is 4. The second-order valence-corrected chi connectivity index (χ2v) is 7.23. The number of hydrogen-bond donors (Lipinski definition) is 2. The van der Waals surface area contributed by atoms with Gasteiger partial charge < -0.3 is 15.0 Å². The number of aromatic amines is 1. The van der Waals surface area contributed by atoms with E-state index in [1.165, 1.54) is 5.56 Å². The maximum Gasteiger partial charge on any atom is 0.261 e. The van der Waals surface area contributed by atoms with Gasteiger partial charge in [0, 0.05) is 25.3 Å². The molecule has 1 saturated heterocycles. The maximum atomic E-state index is 12.7. The van der Waals surface area contributed by atoms with Crippen molar-refractivity contribution in [3.8, 4) is 0 Å². The smallest absolute Gasteiger partial charge is 0.261 e. The number of pyridine rings is 1. The van der Waals surface area contributed by atoms with Crippen molar-refractivity contribution in [3.63, 3.8) is 0 Å². The van der Waals surface area contributed by atoms with Crippen molar-refractivity contribution in [2.75, 3.05) is 26.3 Å². The predicted octanol–water partition coefficient (Wildman–Crippen LogP) is 2.01. The SMILES string of the molecule is O=C(NC1CCCc2ccccc21)c1ccc(CN2CCOCC2)[nH]c1=O. The Hall–Kier alpha value is -2.44. The van der Waals surface area contributed by atoms with Crippen LogP contribution in [-0.2, 0) is 17.7 Å². The first-order chi connectivity index (χ1) is 13.2. The molecule has 27 heavy (non-hydrogen) atoms. The Morgan fingerprint density at radius 2 is 2.00 bits per heavy atom. The molecule has 1 unspecified atom stereocenters. The van der Waals surface area contributed by atoms with Gasteiger partial charge >= 0.3 is 0 Å². The van der Waals surface area contributed by atoms with Crippen molar-refractivity contribution in [2.45, 2.75) is 31.8 Å². The highest BCUT2D eigenvalue weighted by Crippen LogP contribution is 2.29. The molecule has 2 heterocycles. The molecule has 0 saturated carbocycles. The molecule has 2 N–H and O–H groups in total. The summed E-state index contributed by atoms with van der Waals surface area (Å²) >= 11 is 0. The molecule has 1 aromatic carbocycles. The van der Waals surface area contributed by atoms with Gasteiger partial charge in [-0.05, 0) is 42.5 Å². The van der Waals surface area contributed by atoms with Crippen LogP contribution < -0.4 is 10.9 Å². The second-order valence-electron chi connectivity index (χ2n) is 7.23. The largest absolute Gasteiger partial charge is 0.379 e. The molecule has 0 bridgehead atoms. The Morgan fingerprint density at radius 3 is 2.81 bits per heavy atom. The van der Waals surface area contributed by atoms with Gasteiger partial charge in [0.1, 0.15) is 5.56 Å². The summed E-state index contributed by atoms with van der Waals surface area (Å²) in [7, 11) is 0. The number of nitrogens with one attached hydrogen (secondary N) is 2. The molecule has 6 nitrogen and oxygen atoms in total. The number of morpholine rings is 1. The average Bonchev–Trinajstić information content (AvgIpc) is 2.69. The monoisotopic (exact) mass is 367 g/mol. The third-order valence-corrected chi connectivity index (χ3v) is 5.39. The van der Waals surface area contributed by atoms with Crippen molar-refractivity contribution < 1.29 is 9.53 Å². The van der Waals surface area contributed by atoms with Crippen LogP contribution in [-0.4, -0.2) is 42.1 Å². The lowest BCUT2D eigenvalue weighted by molar-refractivity contribution is 0.0336. The van der Waals surface area contributed by atoms with E-state index in [1.807, 2.05) is 18.2 Å². The average molecular weight is 367 g/mol. The summed E-state index contributed by atoms with van der Waals surface area (Å²) in [5, 5.41) is 3.05. The van der Waals surface area contributed by atoms with Crippen molar-refractivity contribution in [1.82, 2.24) is 15.2 Å². The summed E-state index contributed by atoms with van der Waals surface area (Å²) in [6.07, 6.45) is 2.98. The zero-order chi connectivity index (χ0) is 18.6. The van der Waals surface area contributed by atoms with Gasteiger partial charge in [-0.15, -0.1) is 0 Å². The zero-order valence-corrected chi connectivity index (χ0v) is 15.4. The number of fused-ring (bicyclic) bond motifs is 1. The lowest BCUT2D eigenvalue weighted by Gasteiger charge is -2.27. The van der Waals surface area contributed by atoms with Gasteiger partial charge in [-0.3, -0.25) is 14.5 Å². The predicted molar refractivity (Wildman–Crippen MR) is 103 cm³/mol. The Bertz CT molecular complexity index is 871. The summed E-state index contributed by atoms with van der Waals surface area (Å²) in [6, 6.07) is 11.6. The van der Waals surface area contributed by atoms with Crippen molar-refractivity contribution in [1.29, 1.82) is 0 Å². The summed E-state index contributed by atoms with van der Waals surface area (Å²) in [5.74, 6) is -0.309. The second kappa shape index (κ2) is 8.06. The summed E-state index contributed by atoms with van der Waals surface area (Å²) in [5.41, 5.74) is 3.11. The molecule has 1 amide bonds. The third kappa shape index (κ3) is 4.12. The molecule has 1 aromatic heterocycles. The van der Waals surface area contributed by atoms with E-state index in [0.29, 0.717) is 19.8 Å². The highest BCUT2D eigenvalue weighted by atomic mass is 16.5. The molecule has 0 spiro atoms. The summed E-state index contributed by atoms with van der Waals surface area (Å²) in [4.78, 5) is 30.2. The van der Waals surface area contributed by atoms with Gasteiger partial charge in [0.05, 0.1) is 19.3 Å². The zero-order valence-electron chi connectivity index (χ0n) is 15.4. The van der Waals surface area contributed by atoms with Gasteiger partial charge in [0.2, 0.25) is 0 Å². The molecule has 142 valence electrons. The minimum atomic E-state index is -0.331. The molecule has 0 radical (unpaired) electrons. The minimum absolute atomic E-state index is 0.0325. The van der Waals surface area contributed by atoms with E-state index in [0.717, 1.165) is 43.6 Å². The first kappa shape index (κ1) is 17.9.